The fourth-order valence-electron chi connectivity index (χ4n) is 2.02. The summed E-state index contributed by atoms with van der Waals surface area (Å²) in [5, 5.41) is 4.72. The van der Waals surface area contributed by atoms with E-state index in [4.69, 9.17) is 10.5 Å². The molecule has 1 aliphatic heterocycles. The Morgan fingerprint density at radius 3 is 3.00 bits per heavy atom. The molecule has 0 spiro atoms. The first-order valence-electron chi connectivity index (χ1n) is 6.33. The van der Waals surface area contributed by atoms with Gasteiger partial charge in [-0.1, -0.05) is 6.07 Å². The molecule has 0 bridgehead atoms. The van der Waals surface area contributed by atoms with Gasteiger partial charge in [0.05, 0.1) is 26.2 Å². The van der Waals surface area contributed by atoms with Gasteiger partial charge in [0.1, 0.15) is 5.54 Å². The van der Waals surface area contributed by atoms with Crippen LogP contribution >= 0.6 is 11.3 Å². The highest BCUT2D eigenvalue weighted by Crippen LogP contribution is 2.24. The molecule has 1 fully saturated rings. The molecule has 3 N–H and O–H groups in total. The van der Waals surface area contributed by atoms with Gasteiger partial charge in [-0.15, -0.1) is 11.3 Å². The van der Waals surface area contributed by atoms with E-state index in [9.17, 15) is 9.59 Å². The number of hydrogen-bond donors (Lipinski definition) is 2. The number of hydrogen-bond acceptors (Lipinski definition) is 6. The van der Waals surface area contributed by atoms with Crippen LogP contribution in [0.5, 0.6) is 0 Å². The van der Waals surface area contributed by atoms with Crippen molar-refractivity contribution in [3.8, 4) is 0 Å². The third kappa shape index (κ3) is 3.36. The molecule has 1 saturated heterocycles. The van der Waals surface area contributed by atoms with Crippen LogP contribution in [-0.4, -0.2) is 37.7 Å². The molecule has 2 atom stereocenters. The minimum atomic E-state index is -1.01. The van der Waals surface area contributed by atoms with Crippen molar-refractivity contribution in [1.29, 1.82) is 0 Å². The van der Waals surface area contributed by atoms with Crippen LogP contribution in [0.25, 0.3) is 0 Å². The minimum Gasteiger partial charge on any atom is -0.469 e. The zero-order chi connectivity index (χ0) is 14.6. The Bertz CT molecular complexity index is 469. The molecule has 20 heavy (non-hydrogen) atoms. The zero-order valence-corrected chi connectivity index (χ0v) is 12.1. The molecule has 7 heteroatoms. The van der Waals surface area contributed by atoms with E-state index in [1.165, 1.54) is 18.4 Å². The second-order valence-electron chi connectivity index (χ2n) is 4.78. The first-order chi connectivity index (χ1) is 9.55. The van der Waals surface area contributed by atoms with E-state index in [1.807, 2.05) is 17.5 Å². The van der Waals surface area contributed by atoms with Gasteiger partial charge < -0.3 is 20.5 Å². The number of amides is 1. The molecule has 0 saturated carbocycles. The molecule has 1 aromatic rings. The van der Waals surface area contributed by atoms with Crippen LogP contribution in [0.2, 0.25) is 0 Å². The fourth-order valence-corrected chi connectivity index (χ4v) is 2.80. The smallest absolute Gasteiger partial charge is 0.307 e. The molecule has 1 amide bonds. The summed E-state index contributed by atoms with van der Waals surface area (Å²) in [6.07, 6.45) is 0.563. The standard InChI is InChI=1S/C13H18N2O4S/c1-18-11(16)7-9(10-3-2-6-20-10)15-12(17)13(14)4-5-19-8-13/h2-3,6,9H,4-5,7-8,14H2,1H3,(H,15,17). The number of carbonyl (C=O) groups excluding carboxylic acids is 2. The Morgan fingerprint density at radius 1 is 1.65 bits per heavy atom. The summed E-state index contributed by atoms with van der Waals surface area (Å²) in [4.78, 5) is 24.6. The Kier molecular flexibility index (Phi) is 4.74. The number of ether oxygens (including phenoxy) is 2. The number of rotatable bonds is 5. The SMILES string of the molecule is COC(=O)CC(NC(=O)C1(N)CCOC1)c1cccs1. The van der Waals surface area contributed by atoms with Crippen LogP contribution in [0.15, 0.2) is 17.5 Å². The molecule has 1 aliphatic rings. The second kappa shape index (κ2) is 6.34. The predicted octanol–water partition coefficient (Wildman–Crippen LogP) is 0.586. The van der Waals surface area contributed by atoms with Crippen molar-refractivity contribution >= 4 is 23.2 Å². The molecule has 6 nitrogen and oxygen atoms in total. The molecular weight excluding hydrogens is 280 g/mol. The summed E-state index contributed by atoms with van der Waals surface area (Å²) in [5.41, 5.74) is 5.01. The maximum atomic E-state index is 12.3. The molecule has 2 unspecified atom stereocenters. The van der Waals surface area contributed by atoms with Crippen LogP contribution in [0.1, 0.15) is 23.8 Å². The largest absolute Gasteiger partial charge is 0.469 e. The Hall–Kier alpha value is -1.44. The van der Waals surface area contributed by atoms with E-state index in [-0.39, 0.29) is 24.9 Å². The van der Waals surface area contributed by atoms with Crippen molar-refractivity contribution in [1.82, 2.24) is 5.32 Å². The average molecular weight is 298 g/mol. The number of nitrogens with one attached hydrogen (secondary N) is 1. The van der Waals surface area contributed by atoms with Gasteiger partial charge >= 0.3 is 5.97 Å². The molecule has 0 aromatic carbocycles. The molecule has 0 radical (unpaired) electrons. The Balaban J connectivity index is 2.07. The molecular formula is C13H18N2O4S. The lowest BCUT2D eigenvalue weighted by Gasteiger charge is -2.24. The summed E-state index contributed by atoms with van der Waals surface area (Å²) >= 11 is 1.47. The van der Waals surface area contributed by atoms with Crippen molar-refractivity contribution in [2.45, 2.75) is 24.4 Å². The molecule has 0 aliphatic carbocycles. The van der Waals surface area contributed by atoms with Crippen LogP contribution in [0.3, 0.4) is 0 Å². The lowest BCUT2D eigenvalue weighted by molar-refractivity contribution is -0.141. The molecule has 2 heterocycles. The van der Waals surface area contributed by atoms with E-state index < -0.39 is 11.6 Å². The maximum absolute atomic E-state index is 12.3. The minimum absolute atomic E-state index is 0.0830. The van der Waals surface area contributed by atoms with Crippen LogP contribution in [0, 0.1) is 0 Å². The number of thiophene rings is 1. The van der Waals surface area contributed by atoms with Crippen molar-refractivity contribution < 1.29 is 19.1 Å². The maximum Gasteiger partial charge on any atom is 0.307 e. The first kappa shape index (κ1) is 15.0. The van der Waals surface area contributed by atoms with Gasteiger partial charge in [-0.25, -0.2) is 0 Å². The van der Waals surface area contributed by atoms with Crippen LogP contribution in [-0.2, 0) is 19.1 Å². The summed E-state index contributed by atoms with van der Waals surface area (Å²) in [6.45, 7) is 0.679. The Labute approximate surface area is 121 Å². The monoisotopic (exact) mass is 298 g/mol. The van der Waals surface area contributed by atoms with Gasteiger partial charge in [-0.2, -0.15) is 0 Å². The van der Waals surface area contributed by atoms with Crippen LogP contribution in [0.4, 0.5) is 0 Å². The summed E-state index contributed by atoms with van der Waals surface area (Å²) < 4.78 is 9.85. The predicted molar refractivity (Wildman–Crippen MR) is 74.2 cm³/mol. The second-order valence-corrected chi connectivity index (χ2v) is 5.76. The topological polar surface area (TPSA) is 90.7 Å². The van der Waals surface area contributed by atoms with Gasteiger partial charge in [-0.05, 0) is 17.9 Å². The van der Waals surface area contributed by atoms with Crippen molar-refractivity contribution in [2.75, 3.05) is 20.3 Å². The van der Waals surface area contributed by atoms with Crippen molar-refractivity contribution in [3.05, 3.63) is 22.4 Å². The van der Waals surface area contributed by atoms with E-state index in [0.29, 0.717) is 13.0 Å². The number of methoxy groups -OCH3 is 1. The number of nitrogens with two attached hydrogens (primary N) is 1. The molecule has 2 rings (SSSR count). The van der Waals surface area contributed by atoms with Gasteiger partial charge in [0.25, 0.3) is 0 Å². The lowest BCUT2D eigenvalue weighted by Crippen LogP contribution is -2.55. The zero-order valence-electron chi connectivity index (χ0n) is 11.3. The highest BCUT2D eigenvalue weighted by atomic mass is 32.1. The molecule has 110 valence electrons. The van der Waals surface area contributed by atoms with Crippen molar-refractivity contribution in [3.63, 3.8) is 0 Å². The highest BCUT2D eigenvalue weighted by molar-refractivity contribution is 7.10. The quantitative estimate of drug-likeness (QED) is 0.776. The number of esters is 1. The Morgan fingerprint density at radius 2 is 2.45 bits per heavy atom. The van der Waals surface area contributed by atoms with E-state index in [2.05, 4.69) is 10.1 Å². The molecule has 1 aromatic heterocycles. The third-order valence-electron chi connectivity index (χ3n) is 3.29. The number of carbonyl (C=O) groups is 2. The lowest BCUT2D eigenvalue weighted by atomic mass is 9.98. The first-order valence-corrected chi connectivity index (χ1v) is 7.21. The highest BCUT2D eigenvalue weighted by Gasteiger charge is 2.39. The fraction of sp³-hybridized carbons (Fsp3) is 0.538. The van der Waals surface area contributed by atoms with Crippen LogP contribution < -0.4 is 11.1 Å². The normalized spacial score (nSPS) is 23.3. The summed E-state index contributed by atoms with van der Waals surface area (Å²) in [6, 6.07) is 3.32. The summed E-state index contributed by atoms with van der Waals surface area (Å²) in [7, 11) is 1.32. The van der Waals surface area contributed by atoms with E-state index >= 15 is 0 Å². The van der Waals surface area contributed by atoms with Gasteiger partial charge in [0.2, 0.25) is 5.91 Å². The van der Waals surface area contributed by atoms with E-state index in [0.717, 1.165) is 4.88 Å². The van der Waals surface area contributed by atoms with Crippen molar-refractivity contribution in [2.24, 2.45) is 5.73 Å². The van der Waals surface area contributed by atoms with E-state index in [1.54, 1.807) is 0 Å². The summed E-state index contributed by atoms with van der Waals surface area (Å²) in [5.74, 6) is -0.672. The van der Waals surface area contributed by atoms with Gasteiger partial charge in [0.15, 0.2) is 0 Å². The average Bonchev–Trinajstić information content (AvgIpc) is 3.09. The third-order valence-corrected chi connectivity index (χ3v) is 4.28. The van der Waals surface area contributed by atoms with Gasteiger partial charge in [-0.3, -0.25) is 9.59 Å². The van der Waals surface area contributed by atoms with Gasteiger partial charge in [0, 0.05) is 11.5 Å².